The van der Waals surface area contributed by atoms with Crippen LogP contribution in [0.3, 0.4) is 0 Å². The molecule has 0 radical (unpaired) electrons. The number of aromatic nitrogens is 2. The molecule has 0 bridgehead atoms. The van der Waals surface area contributed by atoms with Crippen LogP contribution in [0.1, 0.15) is 0 Å². The second-order valence-electron chi connectivity index (χ2n) is 3.91. The van der Waals surface area contributed by atoms with Crippen LogP contribution >= 0.6 is 12.2 Å². The van der Waals surface area contributed by atoms with Crippen molar-refractivity contribution in [1.29, 1.82) is 0 Å². The summed E-state index contributed by atoms with van der Waals surface area (Å²) in [6.07, 6.45) is 1.47. The van der Waals surface area contributed by atoms with Gasteiger partial charge in [0.2, 0.25) is 0 Å². The fourth-order valence-corrected chi connectivity index (χ4v) is 2.13. The standard InChI is InChI=1S/C13H9FN2O2S/c1-17-12-11(15-6-16-13(12)19)10-5-7-4-8(14)2-3-9(7)18-10/h2-6H,1H3,(H,15,16,19). The molecule has 0 fully saturated rings. The highest BCUT2D eigenvalue weighted by Gasteiger charge is 2.13. The molecule has 0 saturated heterocycles. The fraction of sp³-hybridized carbons (Fsp3) is 0.0769. The van der Waals surface area contributed by atoms with Gasteiger partial charge in [-0.15, -0.1) is 0 Å². The topological polar surface area (TPSA) is 51.0 Å². The Hall–Kier alpha value is -2.21. The van der Waals surface area contributed by atoms with E-state index in [-0.39, 0.29) is 5.82 Å². The second kappa shape index (κ2) is 4.47. The molecule has 4 nitrogen and oxygen atoms in total. The summed E-state index contributed by atoms with van der Waals surface area (Å²) in [5.41, 5.74) is 1.17. The van der Waals surface area contributed by atoms with E-state index in [2.05, 4.69) is 9.97 Å². The molecule has 0 aliphatic heterocycles. The number of ether oxygens (including phenoxy) is 1. The van der Waals surface area contributed by atoms with Crippen LogP contribution in [-0.4, -0.2) is 17.1 Å². The van der Waals surface area contributed by atoms with E-state index < -0.39 is 0 Å². The summed E-state index contributed by atoms with van der Waals surface area (Å²) in [6.45, 7) is 0. The average Bonchev–Trinajstić information content (AvgIpc) is 2.81. The first kappa shape index (κ1) is 11.9. The summed E-state index contributed by atoms with van der Waals surface area (Å²) in [5, 5.41) is 0.674. The van der Waals surface area contributed by atoms with Crippen molar-refractivity contribution in [2.45, 2.75) is 0 Å². The summed E-state index contributed by atoms with van der Waals surface area (Å²) in [7, 11) is 1.51. The Balaban J connectivity index is 2.25. The number of aromatic amines is 1. The Morgan fingerprint density at radius 3 is 3.00 bits per heavy atom. The predicted molar refractivity (Wildman–Crippen MR) is 71.1 cm³/mol. The summed E-state index contributed by atoms with van der Waals surface area (Å²) in [6, 6.07) is 6.06. The van der Waals surface area contributed by atoms with Crippen molar-refractivity contribution in [2.24, 2.45) is 0 Å². The number of hydrogen-bond donors (Lipinski definition) is 1. The van der Waals surface area contributed by atoms with Crippen LogP contribution in [0.5, 0.6) is 5.75 Å². The number of furan rings is 1. The van der Waals surface area contributed by atoms with Gasteiger partial charge in [-0.05, 0) is 24.3 Å². The van der Waals surface area contributed by atoms with Crippen molar-refractivity contribution >= 4 is 23.2 Å². The highest BCUT2D eigenvalue weighted by molar-refractivity contribution is 7.71. The van der Waals surface area contributed by atoms with Crippen molar-refractivity contribution in [2.75, 3.05) is 7.11 Å². The van der Waals surface area contributed by atoms with Crippen LogP contribution in [-0.2, 0) is 0 Å². The minimum absolute atomic E-state index is 0.311. The summed E-state index contributed by atoms with van der Waals surface area (Å²) >= 11 is 5.08. The number of nitrogens with one attached hydrogen (secondary N) is 1. The second-order valence-corrected chi connectivity index (χ2v) is 4.30. The lowest BCUT2D eigenvalue weighted by molar-refractivity contribution is 0.409. The first-order valence-electron chi connectivity index (χ1n) is 5.50. The smallest absolute Gasteiger partial charge is 0.183 e. The first-order chi connectivity index (χ1) is 9.19. The number of H-pyrrole nitrogens is 1. The number of fused-ring (bicyclic) bond motifs is 1. The third kappa shape index (κ3) is 2.00. The highest BCUT2D eigenvalue weighted by Crippen LogP contribution is 2.32. The van der Waals surface area contributed by atoms with E-state index in [4.69, 9.17) is 21.4 Å². The fourth-order valence-electron chi connectivity index (χ4n) is 1.90. The minimum atomic E-state index is -0.311. The van der Waals surface area contributed by atoms with E-state index in [9.17, 15) is 4.39 Å². The maximum absolute atomic E-state index is 13.2. The molecule has 1 aromatic carbocycles. The molecule has 1 N–H and O–H groups in total. The number of benzene rings is 1. The number of halogens is 1. The van der Waals surface area contributed by atoms with Crippen molar-refractivity contribution in [1.82, 2.24) is 9.97 Å². The lowest BCUT2D eigenvalue weighted by Crippen LogP contribution is -1.93. The van der Waals surface area contributed by atoms with Gasteiger partial charge in [0.15, 0.2) is 16.2 Å². The zero-order chi connectivity index (χ0) is 13.4. The third-order valence-corrected chi connectivity index (χ3v) is 3.03. The van der Waals surface area contributed by atoms with Crippen molar-refractivity contribution in [3.63, 3.8) is 0 Å². The largest absolute Gasteiger partial charge is 0.491 e. The molecule has 0 aliphatic carbocycles. The molecule has 0 spiro atoms. The van der Waals surface area contributed by atoms with Gasteiger partial charge in [-0.25, -0.2) is 9.37 Å². The van der Waals surface area contributed by atoms with Crippen LogP contribution in [0.2, 0.25) is 0 Å². The molecule has 0 atom stereocenters. The number of hydrogen-bond acceptors (Lipinski definition) is 4. The molecule has 3 rings (SSSR count). The minimum Gasteiger partial charge on any atom is -0.491 e. The van der Waals surface area contributed by atoms with E-state index >= 15 is 0 Å². The van der Waals surface area contributed by atoms with E-state index in [1.807, 2.05) is 0 Å². The Kier molecular flexibility index (Phi) is 2.79. The van der Waals surface area contributed by atoms with Gasteiger partial charge in [-0.1, -0.05) is 12.2 Å². The van der Waals surface area contributed by atoms with Crippen LogP contribution in [0.15, 0.2) is 35.0 Å². The van der Waals surface area contributed by atoms with Crippen LogP contribution in [0.25, 0.3) is 22.4 Å². The lowest BCUT2D eigenvalue weighted by atomic mass is 10.2. The van der Waals surface area contributed by atoms with Gasteiger partial charge in [0.05, 0.1) is 13.4 Å². The predicted octanol–water partition coefficient (Wildman–Crippen LogP) is 3.70. The van der Waals surface area contributed by atoms with Gasteiger partial charge < -0.3 is 14.1 Å². The van der Waals surface area contributed by atoms with Gasteiger partial charge in [-0.2, -0.15) is 0 Å². The number of rotatable bonds is 2. The molecule has 0 amide bonds. The molecule has 0 unspecified atom stereocenters. The van der Waals surface area contributed by atoms with Crippen LogP contribution in [0.4, 0.5) is 4.39 Å². The maximum atomic E-state index is 13.2. The van der Waals surface area contributed by atoms with Crippen molar-refractivity contribution < 1.29 is 13.5 Å². The zero-order valence-corrected chi connectivity index (χ0v) is 10.8. The molecule has 19 heavy (non-hydrogen) atoms. The number of methoxy groups -OCH3 is 1. The monoisotopic (exact) mass is 276 g/mol. The zero-order valence-electron chi connectivity index (χ0n) is 9.94. The molecular formula is C13H9FN2O2S. The SMILES string of the molecule is COc1c(-c2cc3cc(F)ccc3o2)[nH]cnc1=S. The highest BCUT2D eigenvalue weighted by atomic mass is 32.1. The Morgan fingerprint density at radius 2 is 2.21 bits per heavy atom. The van der Waals surface area contributed by atoms with E-state index in [0.717, 1.165) is 0 Å². The van der Waals surface area contributed by atoms with Crippen molar-refractivity contribution in [3.05, 3.63) is 41.1 Å². The summed E-state index contributed by atoms with van der Waals surface area (Å²) < 4.78 is 24.4. The number of nitrogens with zero attached hydrogens (tertiary/aromatic N) is 1. The summed E-state index contributed by atoms with van der Waals surface area (Å²) in [4.78, 5) is 6.87. The molecule has 6 heteroatoms. The molecule has 2 heterocycles. The Bertz CT molecular complexity index is 810. The van der Waals surface area contributed by atoms with E-state index in [0.29, 0.717) is 32.8 Å². The Labute approximate surface area is 112 Å². The quantitative estimate of drug-likeness (QED) is 0.725. The molecular weight excluding hydrogens is 267 g/mol. The first-order valence-corrected chi connectivity index (χ1v) is 5.91. The van der Waals surface area contributed by atoms with Gasteiger partial charge in [0.25, 0.3) is 0 Å². The third-order valence-electron chi connectivity index (χ3n) is 2.74. The van der Waals surface area contributed by atoms with Gasteiger partial charge >= 0.3 is 0 Å². The Morgan fingerprint density at radius 1 is 1.37 bits per heavy atom. The van der Waals surface area contributed by atoms with Crippen LogP contribution < -0.4 is 4.74 Å². The molecule has 0 saturated carbocycles. The molecule has 3 aromatic rings. The van der Waals surface area contributed by atoms with E-state index in [1.165, 1.54) is 25.6 Å². The molecule has 2 aromatic heterocycles. The van der Waals surface area contributed by atoms with E-state index in [1.54, 1.807) is 12.1 Å². The molecule has 0 aliphatic rings. The normalized spacial score (nSPS) is 10.8. The van der Waals surface area contributed by atoms with Crippen LogP contribution in [0, 0.1) is 10.5 Å². The van der Waals surface area contributed by atoms with Gasteiger partial charge in [-0.3, -0.25) is 0 Å². The van der Waals surface area contributed by atoms with Crippen molar-refractivity contribution in [3.8, 4) is 17.2 Å². The maximum Gasteiger partial charge on any atom is 0.183 e. The van der Waals surface area contributed by atoms with Gasteiger partial charge in [0.1, 0.15) is 17.1 Å². The van der Waals surface area contributed by atoms with Gasteiger partial charge in [0, 0.05) is 5.39 Å². The lowest BCUT2D eigenvalue weighted by Gasteiger charge is -2.04. The average molecular weight is 276 g/mol. The molecule has 96 valence electrons. The summed E-state index contributed by atoms with van der Waals surface area (Å²) in [5.74, 6) is 0.637.